The Kier molecular flexibility index (Phi) is 6.13. The molecule has 4 aliphatic rings. The van der Waals surface area contributed by atoms with E-state index >= 15 is 0 Å². The lowest BCUT2D eigenvalue weighted by molar-refractivity contribution is -0.199. The van der Waals surface area contributed by atoms with Crippen LogP contribution in [-0.2, 0) is 23.1 Å². The van der Waals surface area contributed by atoms with Crippen molar-refractivity contribution in [1.82, 2.24) is 9.80 Å². The molecule has 1 spiro atoms. The predicted octanol–water partition coefficient (Wildman–Crippen LogP) is 4.93. The van der Waals surface area contributed by atoms with E-state index in [0.29, 0.717) is 6.42 Å². The maximum atomic E-state index is 13.5. The molecule has 2 aliphatic heterocycles. The fourth-order valence-corrected chi connectivity index (χ4v) is 8.38. The molecule has 2 fully saturated rings. The van der Waals surface area contributed by atoms with Crippen LogP contribution in [0.25, 0.3) is 6.08 Å². The van der Waals surface area contributed by atoms with E-state index in [4.69, 9.17) is 4.74 Å². The van der Waals surface area contributed by atoms with Crippen molar-refractivity contribution < 1.29 is 14.6 Å². The fraction of sp³-hybridized carbons (Fsp3) is 0.400. The Morgan fingerprint density at radius 3 is 2.75 bits per heavy atom. The van der Waals surface area contributed by atoms with E-state index in [1.807, 2.05) is 30.2 Å². The number of piperidine rings is 1. The van der Waals surface area contributed by atoms with Gasteiger partial charge >= 0.3 is 0 Å². The highest BCUT2D eigenvalue weighted by Crippen LogP contribution is 2.64. The molecular weight excluding hydrogens is 496 g/mol. The number of amides is 1. The second-order valence-electron chi connectivity index (χ2n) is 12.3. The number of hydrogen-bond donors (Lipinski definition) is 1. The second-order valence-corrected chi connectivity index (χ2v) is 12.3. The first kappa shape index (κ1) is 25.6. The van der Waals surface area contributed by atoms with Crippen LogP contribution in [0.2, 0.25) is 0 Å². The minimum Gasteiger partial charge on any atom is -0.487 e. The second kappa shape index (κ2) is 9.60. The Bertz CT molecular complexity index is 1470. The number of aryl methyl sites for hydroxylation is 1. The summed E-state index contributed by atoms with van der Waals surface area (Å²) in [4.78, 5) is 17.9. The van der Waals surface area contributed by atoms with Crippen molar-refractivity contribution in [3.05, 3.63) is 107 Å². The van der Waals surface area contributed by atoms with Crippen LogP contribution in [0.4, 0.5) is 0 Å². The van der Waals surface area contributed by atoms with Gasteiger partial charge in [0.05, 0.1) is 17.1 Å². The number of ether oxygens (including phenoxy) is 1. The highest BCUT2D eigenvalue weighted by Gasteiger charge is 2.72. The summed E-state index contributed by atoms with van der Waals surface area (Å²) in [6.07, 6.45) is 7.34. The highest BCUT2D eigenvalue weighted by molar-refractivity contribution is 5.92. The van der Waals surface area contributed by atoms with Gasteiger partial charge in [0.2, 0.25) is 5.91 Å². The fourth-order valence-electron chi connectivity index (χ4n) is 8.38. The molecule has 5 heteroatoms. The summed E-state index contributed by atoms with van der Waals surface area (Å²) in [6, 6.07) is 25.1. The van der Waals surface area contributed by atoms with Crippen LogP contribution in [0.3, 0.4) is 0 Å². The highest BCUT2D eigenvalue weighted by atomic mass is 16.5. The minimum atomic E-state index is -0.885. The maximum Gasteiger partial charge on any atom is 0.246 e. The molecule has 0 aromatic heterocycles. The predicted molar refractivity (Wildman–Crippen MR) is 157 cm³/mol. The number of carbonyl (C=O) groups excluding carboxylic acids is 1. The molecule has 0 unspecified atom stereocenters. The Morgan fingerprint density at radius 2 is 1.93 bits per heavy atom. The normalized spacial score (nSPS) is 30.1. The van der Waals surface area contributed by atoms with E-state index in [1.54, 1.807) is 6.08 Å². The van der Waals surface area contributed by atoms with E-state index in [0.717, 1.165) is 50.1 Å². The van der Waals surface area contributed by atoms with Crippen LogP contribution in [0.1, 0.15) is 47.1 Å². The zero-order chi connectivity index (χ0) is 27.5. The molecule has 3 aromatic rings. The summed E-state index contributed by atoms with van der Waals surface area (Å²) in [5, 5.41) is 12.8. The minimum absolute atomic E-state index is 0.0271. The van der Waals surface area contributed by atoms with Gasteiger partial charge in [-0.3, -0.25) is 9.69 Å². The van der Waals surface area contributed by atoms with Gasteiger partial charge in [0.25, 0.3) is 0 Å². The molecule has 2 aliphatic carbocycles. The van der Waals surface area contributed by atoms with Gasteiger partial charge in [-0.15, -0.1) is 0 Å². The summed E-state index contributed by atoms with van der Waals surface area (Å²) in [6.45, 7) is 3.91. The van der Waals surface area contributed by atoms with E-state index in [1.165, 1.54) is 22.3 Å². The van der Waals surface area contributed by atoms with Crippen molar-refractivity contribution >= 4 is 12.0 Å². The van der Waals surface area contributed by atoms with Crippen LogP contribution >= 0.6 is 0 Å². The molecule has 1 saturated carbocycles. The Labute approximate surface area is 237 Å². The number of carbonyl (C=O) groups is 1. The molecule has 3 aromatic carbocycles. The van der Waals surface area contributed by atoms with Crippen LogP contribution in [0.15, 0.2) is 78.9 Å². The van der Waals surface area contributed by atoms with E-state index < -0.39 is 11.0 Å². The molecule has 0 radical (unpaired) electrons. The van der Waals surface area contributed by atoms with Gasteiger partial charge in [-0.1, -0.05) is 72.3 Å². The monoisotopic (exact) mass is 534 g/mol. The number of aliphatic hydroxyl groups is 1. The molecule has 206 valence electrons. The Balaban J connectivity index is 1.19. The van der Waals surface area contributed by atoms with Crippen molar-refractivity contribution in [3.63, 3.8) is 0 Å². The largest absolute Gasteiger partial charge is 0.487 e. The molecule has 1 amide bonds. The van der Waals surface area contributed by atoms with Gasteiger partial charge in [0.1, 0.15) is 11.9 Å². The van der Waals surface area contributed by atoms with Gasteiger partial charge in [-0.2, -0.15) is 0 Å². The molecule has 1 N–H and O–H groups in total. The van der Waals surface area contributed by atoms with Crippen LogP contribution < -0.4 is 4.74 Å². The number of likely N-dealkylation sites (tertiary alicyclic amines) is 1. The average Bonchev–Trinajstić information content (AvgIpc) is 3.30. The lowest BCUT2D eigenvalue weighted by Crippen LogP contribution is -2.78. The number of benzene rings is 3. The van der Waals surface area contributed by atoms with Crippen molar-refractivity contribution in [2.24, 2.45) is 0 Å². The van der Waals surface area contributed by atoms with E-state index in [9.17, 15) is 9.90 Å². The third-order valence-electron chi connectivity index (χ3n) is 10.3. The average molecular weight is 535 g/mol. The smallest absolute Gasteiger partial charge is 0.246 e. The summed E-state index contributed by atoms with van der Waals surface area (Å²) >= 11 is 0. The van der Waals surface area contributed by atoms with Crippen LogP contribution in [0.5, 0.6) is 5.75 Å². The van der Waals surface area contributed by atoms with Crippen molar-refractivity contribution in [3.8, 4) is 5.75 Å². The van der Waals surface area contributed by atoms with Gasteiger partial charge in [-0.05, 0) is 74.4 Å². The molecule has 5 nitrogen and oxygen atoms in total. The molecule has 2 bridgehead atoms. The third-order valence-corrected chi connectivity index (χ3v) is 10.3. The number of hydrogen-bond acceptors (Lipinski definition) is 4. The van der Waals surface area contributed by atoms with E-state index in [2.05, 4.69) is 72.5 Å². The van der Waals surface area contributed by atoms with Crippen molar-refractivity contribution in [2.75, 3.05) is 20.1 Å². The summed E-state index contributed by atoms with van der Waals surface area (Å²) < 4.78 is 6.77. The van der Waals surface area contributed by atoms with Crippen LogP contribution in [0, 0.1) is 6.92 Å². The first-order valence-corrected chi connectivity index (χ1v) is 14.7. The molecule has 7 rings (SSSR count). The van der Waals surface area contributed by atoms with E-state index in [-0.39, 0.29) is 24.1 Å². The molecule has 5 atom stereocenters. The van der Waals surface area contributed by atoms with Gasteiger partial charge in [-0.25, -0.2) is 0 Å². The number of rotatable bonds is 6. The van der Waals surface area contributed by atoms with Gasteiger partial charge in [0.15, 0.2) is 0 Å². The molecule has 40 heavy (non-hydrogen) atoms. The topological polar surface area (TPSA) is 53.0 Å². The molecular formula is C35H38N2O3. The standard InChI is InChI=1S/C35H38N2O3/c1-24-8-6-11-26(22-24)14-15-31(38)36(2)28-16-18-35(39)30-23-27-12-7-13-29-32(27)34(35,33(28)40-29)19-21-37(30)20-17-25-9-4-3-5-10-25/h3-15,22,28,30,33,39H,16-21,23H2,1-2H3/t28-,30-,33+,34+,35-/m1/s1. The first-order valence-electron chi connectivity index (χ1n) is 14.7. The SMILES string of the molecule is Cc1cccc(C=CC(=O)N(C)[C@@H]2CC[C@@]3(O)[C@H]4Cc5cccc6c5[C@@]3(CCN4CCc3ccccc3)[C@H]2O6)c1. The van der Waals surface area contributed by atoms with Crippen LogP contribution in [-0.4, -0.2) is 64.7 Å². The zero-order valence-electron chi connectivity index (χ0n) is 23.4. The summed E-state index contributed by atoms with van der Waals surface area (Å²) in [7, 11) is 1.90. The zero-order valence-corrected chi connectivity index (χ0v) is 23.4. The van der Waals surface area contributed by atoms with Gasteiger partial charge < -0.3 is 14.7 Å². The Morgan fingerprint density at radius 1 is 1.10 bits per heavy atom. The Hall–Kier alpha value is -3.41. The molecule has 2 heterocycles. The molecule has 1 saturated heterocycles. The number of likely N-dealkylation sites (N-methyl/N-ethyl adjacent to an activating group) is 1. The van der Waals surface area contributed by atoms with Crippen molar-refractivity contribution in [2.45, 2.75) is 68.2 Å². The lowest BCUT2D eigenvalue weighted by atomic mass is 9.48. The summed E-state index contributed by atoms with van der Waals surface area (Å²) in [5.74, 6) is 0.876. The summed E-state index contributed by atoms with van der Waals surface area (Å²) in [5.41, 5.74) is 4.65. The van der Waals surface area contributed by atoms with Crippen molar-refractivity contribution in [1.29, 1.82) is 0 Å². The third kappa shape index (κ3) is 3.78. The van der Waals surface area contributed by atoms with Gasteiger partial charge in [0, 0.05) is 31.3 Å². The maximum absolute atomic E-state index is 13.5. The quantitative estimate of drug-likeness (QED) is 0.456. The number of nitrogens with zero attached hydrogens (tertiary/aromatic N) is 2. The first-order chi connectivity index (χ1) is 19.4. The lowest BCUT2D eigenvalue weighted by Gasteiger charge is -2.64.